The van der Waals surface area contributed by atoms with Gasteiger partial charge in [-0.25, -0.2) is 4.39 Å². The second-order valence-electron chi connectivity index (χ2n) is 16.7. The molecule has 292 valence electrons. The molecule has 10 nitrogen and oxygen atoms in total. The second kappa shape index (κ2) is 15.2. The number of hydrogen-bond donors (Lipinski definition) is 1. The predicted molar refractivity (Wildman–Crippen MR) is 206 cm³/mol. The quantitative estimate of drug-likeness (QED) is 0.119. The van der Waals surface area contributed by atoms with Gasteiger partial charge in [0.25, 0.3) is 5.88 Å². The van der Waals surface area contributed by atoms with Crippen molar-refractivity contribution in [3.05, 3.63) is 43.9 Å². The molecule has 1 aromatic heterocycles. The highest BCUT2D eigenvalue weighted by Gasteiger charge is 2.69. The highest BCUT2D eigenvalue weighted by Crippen LogP contribution is 2.60. The van der Waals surface area contributed by atoms with Gasteiger partial charge in [0.2, 0.25) is 11.6 Å². The molecule has 0 bridgehead atoms. The van der Waals surface area contributed by atoms with Gasteiger partial charge in [0.1, 0.15) is 22.9 Å². The fourth-order valence-electron chi connectivity index (χ4n) is 8.39. The molecule has 2 fully saturated rings. The summed E-state index contributed by atoms with van der Waals surface area (Å²) in [5, 5.41) is 16.3. The molecule has 1 unspecified atom stereocenters. The van der Waals surface area contributed by atoms with Crippen molar-refractivity contribution < 1.29 is 42.2 Å². The van der Waals surface area contributed by atoms with E-state index >= 15 is 14.0 Å². The van der Waals surface area contributed by atoms with Crippen LogP contribution in [0.1, 0.15) is 131 Å². The number of Topliss-reactive ketones (excluding diaryl/α,β-unsaturated/α-hetero) is 2. The average molecular weight is 820 g/mol. The highest BCUT2D eigenvalue weighted by molar-refractivity contribution is 9.10. The zero-order valence-corrected chi connectivity index (χ0v) is 35.3. The van der Waals surface area contributed by atoms with Crippen LogP contribution in [0.3, 0.4) is 0 Å². The minimum absolute atomic E-state index is 0.0684. The van der Waals surface area contributed by atoms with Crippen LogP contribution in [0.5, 0.6) is 11.6 Å². The Labute approximate surface area is 322 Å². The van der Waals surface area contributed by atoms with Crippen LogP contribution in [0.15, 0.2) is 14.6 Å². The van der Waals surface area contributed by atoms with E-state index in [0.29, 0.717) is 23.4 Å². The molecule has 5 atom stereocenters. The van der Waals surface area contributed by atoms with Crippen LogP contribution in [0.2, 0.25) is 18.1 Å². The van der Waals surface area contributed by atoms with Gasteiger partial charge in [-0.1, -0.05) is 47.5 Å². The van der Waals surface area contributed by atoms with Gasteiger partial charge in [-0.05, 0) is 104 Å². The SMILES string of the molecule is CCCCOc1noc2c1C(=O)[C@@]1(O[Si](C)(C)C(C)(C)C)C(=O)C3=C(O)c4c(c(F)c(C(C)OC)c(Br)c4OCCCC)C[C@H]3C[C@H]1[C@@H]2N1CCCC1. The Morgan fingerprint density at radius 1 is 1.08 bits per heavy atom. The normalized spacial score (nSPS) is 25.2. The number of carbonyl (C=O) groups excluding carboxylic acids is 2. The maximum atomic E-state index is 16.8. The third kappa shape index (κ3) is 6.53. The summed E-state index contributed by atoms with van der Waals surface area (Å²) >= 11 is 3.59. The number of halogens is 2. The molecular formula is C40H56BrFN2O8Si. The van der Waals surface area contributed by atoms with Gasteiger partial charge < -0.3 is 28.3 Å². The van der Waals surface area contributed by atoms with E-state index in [-0.39, 0.29) is 63.1 Å². The van der Waals surface area contributed by atoms with Crippen molar-refractivity contribution in [2.24, 2.45) is 11.8 Å². The number of methoxy groups -OCH3 is 1. The molecule has 1 aromatic carbocycles. The van der Waals surface area contributed by atoms with E-state index in [0.717, 1.165) is 51.6 Å². The van der Waals surface area contributed by atoms with E-state index in [4.69, 9.17) is 23.2 Å². The van der Waals surface area contributed by atoms with Gasteiger partial charge in [0.15, 0.2) is 19.7 Å². The first-order valence-corrected chi connectivity index (χ1v) is 23.1. The van der Waals surface area contributed by atoms with Crippen molar-refractivity contribution >= 4 is 41.6 Å². The molecule has 2 aromatic rings. The number of rotatable bonds is 13. The molecule has 53 heavy (non-hydrogen) atoms. The van der Waals surface area contributed by atoms with E-state index in [1.807, 2.05) is 26.9 Å². The van der Waals surface area contributed by atoms with Crippen LogP contribution >= 0.6 is 15.9 Å². The second-order valence-corrected chi connectivity index (χ2v) is 22.2. The molecule has 2 heterocycles. The Morgan fingerprint density at radius 3 is 2.32 bits per heavy atom. The number of hydrogen-bond acceptors (Lipinski definition) is 10. The number of fused-ring (bicyclic) bond motifs is 4. The summed E-state index contributed by atoms with van der Waals surface area (Å²) in [4.78, 5) is 33.5. The lowest BCUT2D eigenvalue weighted by atomic mass is 9.57. The Morgan fingerprint density at radius 2 is 1.72 bits per heavy atom. The molecule has 0 spiro atoms. The van der Waals surface area contributed by atoms with Gasteiger partial charge in [-0.15, -0.1) is 0 Å². The van der Waals surface area contributed by atoms with Crippen molar-refractivity contribution in [1.82, 2.24) is 10.1 Å². The van der Waals surface area contributed by atoms with Crippen LogP contribution in [0.4, 0.5) is 4.39 Å². The third-order valence-corrected chi connectivity index (χ3v) is 17.6. The topological polar surface area (TPSA) is 121 Å². The molecule has 13 heteroatoms. The summed E-state index contributed by atoms with van der Waals surface area (Å²) in [6.07, 6.45) is 4.90. The molecule has 1 aliphatic heterocycles. The summed E-state index contributed by atoms with van der Waals surface area (Å²) in [7, 11) is -1.38. The van der Waals surface area contributed by atoms with Crippen LogP contribution in [0.25, 0.3) is 5.76 Å². The molecule has 4 aliphatic rings. The summed E-state index contributed by atoms with van der Waals surface area (Å²) in [5.41, 5.74) is -1.09. The van der Waals surface area contributed by atoms with Crippen LogP contribution in [-0.4, -0.2) is 74.1 Å². The number of ether oxygens (including phenoxy) is 3. The number of aromatic nitrogens is 1. The number of ketones is 2. The molecule has 0 radical (unpaired) electrons. The lowest BCUT2D eigenvalue weighted by molar-refractivity contribution is -0.141. The lowest BCUT2D eigenvalue weighted by Gasteiger charge is -2.55. The number of aliphatic hydroxyl groups excluding tert-OH is 1. The predicted octanol–water partition coefficient (Wildman–Crippen LogP) is 9.47. The van der Waals surface area contributed by atoms with Gasteiger partial charge >= 0.3 is 0 Å². The van der Waals surface area contributed by atoms with E-state index in [1.54, 1.807) is 6.92 Å². The largest absolute Gasteiger partial charge is 0.507 e. The Balaban J connectivity index is 1.62. The first kappa shape index (κ1) is 40.1. The van der Waals surface area contributed by atoms with Crippen LogP contribution in [0, 0.1) is 17.7 Å². The Bertz CT molecular complexity index is 1780. The van der Waals surface area contributed by atoms with Crippen molar-refractivity contribution in [3.8, 4) is 11.6 Å². The van der Waals surface area contributed by atoms with Gasteiger partial charge in [-0.3, -0.25) is 14.5 Å². The molecule has 3 aliphatic carbocycles. The fourth-order valence-corrected chi connectivity index (χ4v) is 10.6. The van der Waals surface area contributed by atoms with Crippen LogP contribution in [-0.2, 0) is 20.4 Å². The summed E-state index contributed by atoms with van der Waals surface area (Å²) < 4.78 is 48.5. The summed E-state index contributed by atoms with van der Waals surface area (Å²) in [5.74, 6) is -2.61. The first-order valence-electron chi connectivity index (χ1n) is 19.4. The number of aliphatic hydroxyl groups is 1. The maximum Gasteiger partial charge on any atom is 0.265 e. The molecule has 0 amide bonds. The summed E-state index contributed by atoms with van der Waals surface area (Å²) in [6, 6.07) is -0.521. The monoisotopic (exact) mass is 818 g/mol. The molecule has 1 saturated carbocycles. The van der Waals surface area contributed by atoms with Gasteiger partial charge in [-0.2, -0.15) is 0 Å². The zero-order valence-electron chi connectivity index (χ0n) is 32.7. The fraction of sp³-hybridized carbons (Fsp3) is 0.675. The third-order valence-electron chi connectivity index (χ3n) is 12.4. The lowest BCUT2D eigenvalue weighted by Crippen LogP contribution is -2.68. The number of likely N-dealkylation sites (tertiary alicyclic amines) is 1. The van der Waals surface area contributed by atoms with E-state index in [1.165, 1.54) is 7.11 Å². The molecular weight excluding hydrogens is 763 g/mol. The summed E-state index contributed by atoms with van der Waals surface area (Å²) in [6.45, 7) is 18.3. The minimum atomic E-state index is -2.90. The zero-order chi connectivity index (χ0) is 38.6. The van der Waals surface area contributed by atoms with E-state index < -0.39 is 55.3 Å². The number of carbonyl (C=O) groups is 2. The molecule has 1 saturated heterocycles. The van der Waals surface area contributed by atoms with E-state index in [2.05, 4.69) is 46.8 Å². The average Bonchev–Trinajstić information content (AvgIpc) is 3.78. The number of benzene rings is 1. The number of nitrogens with zero attached hydrogens (tertiary/aromatic N) is 2. The van der Waals surface area contributed by atoms with Crippen molar-refractivity contribution in [3.63, 3.8) is 0 Å². The molecule has 1 N–H and O–H groups in total. The highest BCUT2D eigenvalue weighted by atomic mass is 79.9. The number of unbranched alkanes of at least 4 members (excludes halogenated alkanes) is 2. The minimum Gasteiger partial charge on any atom is -0.507 e. The van der Waals surface area contributed by atoms with E-state index in [9.17, 15) is 5.11 Å². The Kier molecular flexibility index (Phi) is 11.5. The van der Waals surface area contributed by atoms with Gasteiger partial charge in [0, 0.05) is 29.7 Å². The first-order chi connectivity index (χ1) is 25.1. The maximum absolute atomic E-state index is 16.8. The Hall–Kier alpha value is -2.58. The van der Waals surface area contributed by atoms with Crippen LogP contribution < -0.4 is 9.47 Å². The van der Waals surface area contributed by atoms with Crippen molar-refractivity contribution in [2.75, 3.05) is 33.4 Å². The molecule has 6 rings (SSSR count). The smallest absolute Gasteiger partial charge is 0.265 e. The van der Waals surface area contributed by atoms with Crippen molar-refractivity contribution in [2.45, 2.75) is 129 Å². The van der Waals surface area contributed by atoms with Crippen molar-refractivity contribution in [1.29, 1.82) is 0 Å². The van der Waals surface area contributed by atoms with Gasteiger partial charge in [0.05, 0.1) is 35.4 Å². The standard InChI is InChI=1S/C40H56BrFN2O8Si/c1-10-12-18-49-34-28-24(31(42)26(30(34)41)22(3)48-7)20-23-21-25-32(44-16-14-15-17-44)35-29(38(43-51-35)50-19-13-11-2)37(47)40(25,36(46)27(23)33(28)45)52-53(8,9)39(4,5)6/h22-23,25,32,45H,10-21H2,1-9H3/t22?,23-,25-,32-,40-/m0/s1.